The molecule has 0 bridgehead atoms. The summed E-state index contributed by atoms with van der Waals surface area (Å²) in [4.78, 5) is 31.5. The Bertz CT molecular complexity index is 317. The molecule has 0 aromatic heterocycles. The first kappa shape index (κ1) is 12.7. The van der Waals surface area contributed by atoms with Crippen molar-refractivity contribution in [1.29, 1.82) is 0 Å². The highest BCUT2D eigenvalue weighted by molar-refractivity contribution is 5.93. The molecule has 0 amide bonds. The van der Waals surface area contributed by atoms with Crippen LogP contribution in [0.4, 0.5) is 0 Å². The van der Waals surface area contributed by atoms with Gasteiger partial charge in [-0.15, -0.1) is 0 Å². The van der Waals surface area contributed by atoms with E-state index < -0.39 is 48.9 Å². The summed E-state index contributed by atoms with van der Waals surface area (Å²) in [6.45, 7) is 0. The number of carboxylic acid groups (broad SMARTS) is 1. The number of hydrogen-bond acceptors (Lipinski definition) is 7. The van der Waals surface area contributed by atoms with Gasteiger partial charge in [-0.1, -0.05) is 0 Å². The molecule has 5 N–H and O–H groups in total. The van der Waals surface area contributed by atoms with Crippen LogP contribution >= 0.6 is 0 Å². The van der Waals surface area contributed by atoms with Gasteiger partial charge in [0.15, 0.2) is 11.9 Å². The molecule has 0 saturated heterocycles. The number of carbonyl (C=O) groups excluding carboxylic acids is 2. The topological polar surface area (TPSA) is 152 Å². The number of carboxylic acids is 1. The quantitative estimate of drug-likeness (QED) is 0.228. The monoisotopic (exact) mass is 237 g/mol. The van der Waals surface area contributed by atoms with Gasteiger partial charge in [-0.25, -0.2) is 4.79 Å². The molecule has 0 aromatic rings. The minimum atomic E-state index is -2.39. The van der Waals surface area contributed by atoms with E-state index in [-0.39, 0.29) is 0 Å². The van der Waals surface area contributed by atoms with Crippen LogP contribution in [0, 0.1) is 0 Å². The first-order valence-corrected chi connectivity index (χ1v) is 4.15. The summed E-state index contributed by atoms with van der Waals surface area (Å²) in [6, 6.07) is 0. The Morgan fingerprint density at radius 3 is 1.94 bits per heavy atom. The van der Waals surface area contributed by atoms with E-state index >= 15 is 0 Å². The highest BCUT2D eigenvalue weighted by Gasteiger charge is 2.36. The van der Waals surface area contributed by atoms with Crippen LogP contribution < -0.4 is 0 Å². The smallest absolute Gasteiger partial charge is 0.335 e. The van der Waals surface area contributed by atoms with Gasteiger partial charge >= 0.3 is 5.97 Å². The lowest BCUT2D eigenvalue weighted by Crippen LogP contribution is -2.50. The van der Waals surface area contributed by atoms with Crippen molar-refractivity contribution in [3.05, 3.63) is 0 Å². The van der Waals surface area contributed by atoms with Crippen molar-refractivity contribution < 1.29 is 41.3 Å². The predicted molar refractivity (Wildman–Crippen MR) is 47.4 cm³/mol. The van der Waals surface area contributed by atoms with Crippen molar-refractivity contribution >= 4 is 18.0 Å². The Morgan fingerprint density at radius 2 is 1.56 bits per heavy atom. The Hall–Kier alpha value is -1.35. The van der Waals surface area contributed by atoms with Crippen molar-refractivity contribution in [2.45, 2.75) is 30.8 Å². The van der Waals surface area contributed by atoms with Crippen molar-refractivity contribution in [3.63, 3.8) is 0 Å². The number of aliphatic carboxylic acids is 1. The summed E-state index contributed by atoms with van der Waals surface area (Å²) >= 11 is 0. The Labute approximate surface area is 91.2 Å². The average Bonchev–Trinajstić information content (AvgIpc) is 2.23. The lowest BCUT2D eigenvalue weighted by Gasteiger charge is -2.23. The Kier molecular flexibility index (Phi) is 4.99. The fourth-order valence-electron chi connectivity index (χ4n) is 0.886. The average molecular weight is 237 g/mol. The van der Waals surface area contributed by atoms with E-state index in [1.807, 2.05) is 0 Å². The highest BCUT2D eigenvalue weighted by Crippen LogP contribution is 2.07. The van der Waals surface area contributed by atoms with E-state index in [2.05, 4.69) is 0 Å². The normalized spacial score (nSPS) is 19.1. The van der Waals surface area contributed by atoms with Crippen LogP contribution in [0.25, 0.3) is 0 Å². The van der Waals surface area contributed by atoms with Crippen LogP contribution in [0.3, 0.4) is 0 Å². The van der Waals surface area contributed by atoms with Crippen LogP contribution in [0.15, 0.2) is 0 Å². The fourth-order valence-corrected chi connectivity index (χ4v) is 0.886. The third kappa shape index (κ3) is 3.66. The van der Waals surface area contributed by atoms with Gasteiger partial charge in [-0.2, -0.15) is 0 Å². The number of aliphatic hydroxyl groups excluding tert-OH is 4. The Morgan fingerprint density at radius 1 is 1.12 bits per heavy atom. The highest BCUT2D eigenvalue weighted by atomic mass is 16.4. The summed E-state index contributed by atoms with van der Waals surface area (Å²) in [6.07, 6.45) is -11.5. The summed E-state index contributed by atoms with van der Waals surface area (Å²) < 4.78 is 6.44. The lowest BCUT2D eigenvalue weighted by molar-refractivity contribution is -0.166. The van der Waals surface area contributed by atoms with E-state index in [9.17, 15) is 19.5 Å². The molecule has 92 valence electrons. The van der Waals surface area contributed by atoms with Crippen molar-refractivity contribution in [2.24, 2.45) is 0 Å². The van der Waals surface area contributed by atoms with Gasteiger partial charge in [0.1, 0.15) is 25.9 Å². The van der Waals surface area contributed by atoms with Crippen LogP contribution in [-0.4, -0.2) is 68.0 Å². The molecule has 0 aliphatic rings. The zero-order valence-electron chi connectivity index (χ0n) is 8.98. The standard InChI is InChI=1S/C8H12O8/c9-2-1-3(10)4(11)5(12)6(13)7(14)8(15)16/h2,4-7,11-14H,1H2,(H,15,16)/t4-,5+,6-,7-/m0/s1/i2D. The maximum absolute atomic E-state index is 11.0. The van der Waals surface area contributed by atoms with Crippen molar-refractivity contribution in [3.8, 4) is 0 Å². The number of rotatable bonds is 7. The molecule has 0 heterocycles. The van der Waals surface area contributed by atoms with Gasteiger partial charge in [0.25, 0.3) is 0 Å². The molecule has 4 atom stereocenters. The van der Waals surface area contributed by atoms with Crippen LogP contribution in [0.2, 0.25) is 0 Å². The molecular weight excluding hydrogens is 224 g/mol. The molecule has 0 radical (unpaired) electrons. The number of hydrogen-bond donors (Lipinski definition) is 5. The molecule has 0 spiro atoms. The zero-order chi connectivity index (χ0) is 13.7. The first-order valence-electron chi connectivity index (χ1n) is 4.65. The van der Waals surface area contributed by atoms with E-state index in [1.54, 1.807) is 0 Å². The van der Waals surface area contributed by atoms with E-state index in [1.165, 1.54) is 0 Å². The second-order valence-electron chi connectivity index (χ2n) is 3.00. The Balaban J connectivity index is 4.58. The van der Waals surface area contributed by atoms with Gasteiger partial charge in [0.2, 0.25) is 0 Å². The van der Waals surface area contributed by atoms with Crippen LogP contribution in [0.1, 0.15) is 7.79 Å². The van der Waals surface area contributed by atoms with Gasteiger partial charge in [0.05, 0.1) is 6.42 Å². The zero-order valence-corrected chi connectivity index (χ0v) is 7.98. The first-order chi connectivity index (χ1) is 7.68. The van der Waals surface area contributed by atoms with Crippen molar-refractivity contribution in [1.82, 2.24) is 0 Å². The molecule has 8 heteroatoms. The maximum atomic E-state index is 11.0. The molecule has 0 aliphatic carbocycles. The number of carbonyl (C=O) groups is 3. The molecule has 0 aliphatic heterocycles. The summed E-state index contributed by atoms with van der Waals surface area (Å²) in [5.74, 6) is -3.11. The fraction of sp³-hybridized carbons (Fsp3) is 0.625. The molecule has 0 saturated carbocycles. The summed E-state index contributed by atoms with van der Waals surface area (Å²) in [5, 5.41) is 44.5. The third-order valence-corrected chi connectivity index (χ3v) is 1.83. The SMILES string of the molecule is [2H]C(=O)CC(=O)[C@H](O)[C@@H](O)[C@H](O)[C@H](O)C(=O)O. The number of aliphatic hydroxyl groups is 4. The molecule has 0 aromatic carbocycles. The molecule has 0 unspecified atom stereocenters. The lowest BCUT2D eigenvalue weighted by atomic mass is 9.99. The molecule has 8 nitrogen and oxygen atoms in total. The predicted octanol–water partition coefficient (Wildman–Crippen LogP) is -3.33. The minimum Gasteiger partial charge on any atom is -0.479 e. The molecule has 16 heavy (non-hydrogen) atoms. The van der Waals surface area contributed by atoms with E-state index in [0.717, 1.165) is 0 Å². The maximum Gasteiger partial charge on any atom is 0.335 e. The largest absolute Gasteiger partial charge is 0.479 e. The van der Waals surface area contributed by atoms with Gasteiger partial charge < -0.3 is 30.3 Å². The number of Topliss-reactive ketones (excluding diaryl/α,β-unsaturated/α-hetero) is 1. The molecular formula is C8H12O8. The van der Waals surface area contributed by atoms with Gasteiger partial charge in [-0.3, -0.25) is 4.79 Å². The molecule has 0 fully saturated rings. The van der Waals surface area contributed by atoms with E-state index in [4.69, 9.17) is 21.8 Å². The van der Waals surface area contributed by atoms with Crippen LogP contribution in [0.5, 0.6) is 0 Å². The minimum absolute atomic E-state index is 0.992. The second-order valence-corrected chi connectivity index (χ2v) is 3.00. The van der Waals surface area contributed by atoms with Gasteiger partial charge in [0, 0.05) is 0 Å². The van der Waals surface area contributed by atoms with Crippen molar-refractivity contribution in [2.75, 3.05) is 0 Å². The number of aldehydes is 1. The third-order valence-electron chi connectivity index (χ3n) is 1.83. The van der Waals surface area contributed by atoms with Crippen LogP contribution in [-0.2, 0) is 14.4 Å². The summed E-state index contributed by atoms with van der Waals surface area (Å²) in [5.41, 5.74) is 0. The molecule has 0 rings (SSSR count). The second kappa shape index (κ2) is 6.28. The number of ketones is 1. The van der Waals surface area contributed by atoms with Gasteiger partial charge in [-0.05, 0) is 0 Å². The van der Waals surface area contributed by atoms with E-state index in [0.29, 0.717) is 0 Å². The summed E-state index contributed by atoms with van der Waals surface area (Å²) in [7, 11) is 0.